The van der Waals surface area contributed by atoms with Gasteiger partial charge in [0.25, 0.3) is 0 Å². The van der Waals surface area contributed by atoms with Gasteiger partial charge < -0.3 is 20.5 Å². The number of amides is 1. The zero-order chi connectivity index (χ0) is 16.8. The SMILES string of the molecule is COc1ccc(Oc2ccc(NC(=O)C(C)C(C)N)cn2)cc1.Cl.Cl. The molecule has 2 atom stereocenters. The summed E-state index contributed by atoms with van der Waals surface area (Å²) >= 11 is 0. The largest absolute Gasteiger partial charge is 0.497 e. The molecule has 8 heteroatoms. The molecule has 25 heavy (non-hydrogen) atoms. The van der Waals surface area contributed by atoms with E-state index in [1.54, 1.807) is 63.6 Å². The van der Waals surface area contributed by atoms with Gasteiger partial charge in [0.15, 0.2) is 0 Å². The van der Waals surface area contributed by atoms with Crippen molar-refractivity contribution < 1.29 is 14.3 Å². The van der Waals surface area contributed by atoms with E-state index in [-0.39, 0.29) is 42.7 Å². The van der Waals surface area contributed by atoms with Crippen molar-refractivity contribution in [3.05, 3.63) is 42.6 Å². The van der Waals surface area contributed by atoms with Crippen LogP contribution >= 0.6 is 24.8 Å². The number of ether oxygens (including phenoxy) is 2. The summed E-state index contributed by atoms with van der Waals surface area (Å²) in [6.07, 6.45) is 1.55. The van der Waals surface area contributed by atoms with Crippen LogP contribution in [0.5, 0.6) is 17.4 Å². The van der Waals surface area contributed by atoms with Gasteiger partial charge in [0.1, 0.15) is 11.5 Å². The quantitative estimate of drug-likeness (QED) is 0.789. The maximum atomic E-state index is 11.9. The molecule has 2 rings (SSSR count). The molecule has 0 aliphatic rings. The van der Waals surface area contributed by atoms with Gasteiger partial charge in [0.05, 0.1) is 24.9 Å². The molecular formula is C17H23Cl2N3O3. The minimum atomic E-state index is -0.273. The topological polar surface area (TPSA) is 86.5 Å². The number of halogens is 2. The monoisotopic (exact) mass is 387 g/mol. The van der Waals surface area contributed by atoms with E-state index in [1.807, 2.05) is 0 Å². The summed E-state index contributed by atoms with van der Waals surface area (Å²) in [5.41, 5.74) is 6.32. The molecule has 0 spiro atoms. The van der Waals surface area contributed by atoms with Crippen LogP contribution in [0.3, 0.4) is 0 Å². The Balaban J connectivity index is 0.00000288. The van der Waals surface area contributed by atoms with Gasteiger partial charge in [0.2, 0.25) is 11.8 Å². The van der Waals surface area contributed by atoms with Gasteiger partial charge in [-0.25, -0.2) is 4.98 Å². The number of carbonyl (C=O) groups is 1. The second kappa shape index (κ2) is 10.8. The highest BCUT2D eigenvalue weighted by Crippen LogP contribution is 2.23. The zero-order valence-corrected chi connectivity index (χ0v) is 15.9. The van der Waals surface area contributed by atoms with Crippen LogP contribution in [-0.2, 0) is 4.79 Å². The van der Waals surface area contributed by atoms with Gasteiger partial charge in [-0.2, -0.15) is 0 Å². The number of aromatic nitrogens is 1. The number of nitrogens with two attached hydrogens (primary N) is 1. The van der Waals surface area contributed by atoms with Crippen molar-refractivity contribution in [3.8, 4) is 17.4 Å². The second-order valence-corrected chi connectivity index (χ2v) is 5.30. The standard InChI is InChI=1S/C17H21N3O3.2ClH/c1-11(12(2)18)17(21)20-13-4-9-16(19-10-13)23-15-7-5-14(22-3)6-8-15;;/h4-12H,18H2,1-3H3,(H,20,21);2*1H. The van der Waals surface area contributed by atoms with E-state index in [2.05, 4.69) is 10.3 Å². The molecule has 0 saturated carbocycles. The summed E-state index contributed by atoms with van der Waals surface area (Å²) < 4.78 is 10.7. The molecule has 0 bridgehead atoms. The predicted molar refractivity (Wildman–Crippen MR) is 103 cm³/mol. The first-order valence-corrected chi connectivity index (χ1v) is 7.34. The summed E-state index contributed by atoms with van der Waals surface area (Å²) in [6, 6.07) is 10.4. The molecule has 138 valence electrons. The van der Waals surface area contributed by atoms with Gasteiger partial charge in [-0.15, -0.1) is 24.8 Å². The highest BCUT2D eigenvalue weighted by Gasteiger charge is 2.17. The number of nitrogens with zero attached hydrogens (tertiary/aromatic N) is 1. The molecular weight excluding hydrogens is 365 g/mol. The smallest absolute Gasteiger partial charge is 0.228 e. The van der Waals surface area contributed by atoms with Crippen molar-refractivity contribution in [2.45, 2.75) is 19.9 Å². The van der Waals surface area contributed by atoms with Crippen molar-refractivity contribution in [1.29, 1.82) is 0 Å². The lowest BCUT2D eigenvalue weighted by atomic mass is 10.0. The van der Waals surface area contributed by atoms with E-state index < -0.39 is 0 Å². The molecule has 1 aromatic heterocycles. The van der Waals surface area contributed by atoms with Crippen LogP contribution in [0.15, 0.2) is 42.6 Å². The normalized spacial score (nSPS) is 12.0. The Morgan fingerprint density at radius 3 is 2.16 bits per heavy atom. The maximum Gasteiger partial charge on any atom is 0.228 e. The van der Waals surface area contributed by atoms with Crippen LogP contribution < -0.4 is 20.5 Å². The van der Waals surface area contributed by atoms with E-state index in [1.165, 1.54) is 0 Å². The number of hydrogen-bond donors (Lipinski definition) is 2. The number of pyridine rings is 1. The fourth-order valence-electron chi connectivity index (χ4n) is 1.77. The Bertz CT molecular complexity index is 649. The number of nitrogens with one attached hydrogen (secondary N) is 1. The first-order valence-electron chi connectivity index (χ1n) is 7.34. The third-order valence-electron chi connectivity index (χ3n) is 3.49. The molecule has 0 saturated heterocycles. The predicted octanol–water partition coefficient (Wildman–Crippen LogP) is 3.65. The summed E-state index contributed by atoms with van der Waals surface area (Å²) in [6.45, 7) is 3.59. The molecule has 2 unspecified atom stereocenters. The lowest BCUT2D eigenvalue weighted by molar-refractivity contribution is -0.119. The number of hydrogen-bond acceptors (Lipinski definition) is 5. The first-order chi connectivity index (χ1) is 11.0. The molecule has 0 aliphatic heterocycles. The third-order valence-corrected chi connectivity index (χ3v) is 3.49. The summed E-state index contributed by atoms with van der Waals surface area (Å²) in [5.74, 6) is 1.44. The highest BCUT2D eigenvalue weighted by atomic mass is 35.5. The Morgan fingerprint density at radius 1 is 1.08 bits per heavy atom. The van der Waals surface area contributed by atoms with E-state index in [0.717, 1.165) is 5.75 Å². The number of methoxy groups -OCH3 is 1. The Labute approximate surface area is 159 Å². The van der Waals surface area contributed by atoms with Gasteiger partial charge >= 0.3 is 0 Å². The van der Waals surface area contributed by atoms with Crippen LogP contribution in [0, 0.1) is 5.92 Å². The molecule has 1 aromatic carbocycles. The summed E-state index contributed by atoms with van der Waals surface area (Å²) in [4.78, 5) is 16.1. The number of benzene rings is 1. The molecule has 1 amide bonds. The molecule has 0 radical (unpaired) electrons. The third kappa shape index (κ3) is 6.78. The number of rotatable bonds is 6. The van der Waals surface area contributed by atoms with E-state index in [4.69, 9.17) is 15.2 Å². The Kier molecular flexibility index (Phi) is 9.89. The second-order valence-electron chi connectivity index (χ2n) is 5.30. The minimum absolute atomic E-state index is 0. The average molecular weight is 388 g/mol. The van der Waals surface area contributed by atoms with E-state index in [0.29, 0.717) is 17.3 Å². The van der Waals surface area contributed by atoms with E-state index in [9.17, 15) is 4.79 Å². The van der Waals surface area contributed by atoms with E-state index >= 15 is 0 Å². The van der Waals surface area contributed by atoms with Crippen molar-refractivity contribution >= 4 is 36.4 Å². The van der Waals surface area contributed by atoms with Crippen LogP contribution in [-0.4, -0.2) is 24.0 Å². The van der Waals surface area contributed by atoms with Crippen molar-refractivity contribution in [3.63, 3.8) is 0 Å². The Morgan fingerprint density at radius 2 is 1.68 bits per heavy atom. The Hall–Kier alpha value is -2.02. The van der Waals surface area contributed by atoms with Crippen LogP contribution in [0.2, 0.25) is 0 Å². The lowest BCUT2D eigenvalue weighted by Gasteiger charge is -2.15. The maximum absolute atomic E-state index is 11.9. The van der Waals surface area contributed by atoms with Gasteiger partial charge in [-0.3, -0.25) is 4.79 Å². The van der Waals surface area contributed by atoms with Crippen molar-refractivity contribution in [1.82, 2.24) is 4.98 Å². The van der Waals surface area contributed by atoms with Gasteiger partial charge in [-0.05, 0) is 37.3 Å². The minimum Gasteiger partial charge on any atom is -0.497 e. The summed E-state index contributed by atoms with van der Waals surface area (Å²) in [7, 11) is 1.61. The molecule has 2 aromatic rings. The molecule has 1 heterocycles. The number of carbonyl (C=O) groups excluding carboxylic acids is 1. The fraction of sp³-hybridized carbons (Fsp3) is 0.294. The number of anilines is 1. The highest BCUT2D eigenvalue weighted by molar-refractivity contribution is 5.92. The van der Waals surface area contributed by atoms with Crippen molar-refractivity contribution in [2.75, 3.05) is 12.4 Å². The fourth-order valence-corrected chi connectivity index (χ4v) is 1.77. The zero-order valence-electron chi connectivity index (χ0n) is 14.3. The molecule has 6 nitrogen and oxygen atoms in total. The summed E-state index contributed by atoms with van der Waals surface area (Å²) in [5, 5.41) is 2.78. The van der Waals surface area contributed by atoms with Crippen LogP contribution in [0.25, 0.3) is 0 Å². The van der Waals surface area contributed by atoms with Crippen molar-refractivity contribution in [2.24, 2.45) is 11.7 Å². The lowest BCUT2D eigenvalue weighted by Crippen LogP contribution is -2.34. The average Bonchev–Trinajstić information content (AvgIpc) is 2.56. The molecule has 0 fully saturated rings. The van der Waals surface area contributed by atoms with Crippen LogP contribution in [0.4, 0.5) is 5.69 Å². The van der Waals surface area contributed by atoms with Crippen LogP contribution in [0.1, 0.15) is 13.8 Å². The molecule has 3 N–H and O–H groups in total. The first kappa shape index (κ1) is 23.0. The van der Waals surface area contributed by atoms with Gasteiger partial charge in [0, 0.05) is 12.1 Å². The molecule has 0 aliphatic carbocycles. The van der Waals surface area contributed by atoms with Gasteiger partial charge in [-0.1, -0.05) is 6.92 Å².